The lowest BCUT2D eigenvalue weighted by Gasteiger charge is -2.17. The molecule has 2 aromatic carbocycles. The van der Waals surface area contributed by atoms with E-state index in [1.54, 1.807) is 18.2 Å². The van der Waals surface area contributed by atoms with Crippen molar-refractivity contribution < 1.29 is 29.1 Å². The van der Waals surface area contributed by atoms with Gasteiger partial charge in [0.15, 0.2) is 0 Å². The van der Waals surface area contributed by atoms with Crippen LogP contribution in [0.25, 0.3) is 5.57 Å². The maximum absolute atomic E-state index is 13.1. The summed E-state index contributed by atoms with van der Waals surface area (Å²) in [5, 5.41) is 13.1. The summed E-state index contributed by atoms with van der Waals surface area (Å²) in [6.45, 7) is -0.342. The number of nitrogens with one attached hydrogen (secondary N) is 2. The highest BCUT2D eigenvalue weighted by Gasteiger charge is 2.40. The highest BCUT2D eigenvalue weighted by molar-refractivity contribution is 9.10. The van der Waals surface area contributed by atoms with Crippen LogP contribution in [-0.2, 0) is 14.4 Å². The lowest BCUT2D eigenvalue weighted by Crippen LogP contribution is -2.35. The standard InChI is InChI=1S/C20H12BrN3O6S/c21-10-3-6-13-12(7-10)15(16-17(26)23-20(30)31-16)18(27)24(13)8-14(25)22-11-4-1-9(2-5-11)19(28)29/h1-7H,8H2,(H,22,25)(H,28,29)(H,23,26,30)/b16-15+. The number of carbonyl (C=O) groups excluding carboxylic acids is 4. The Balaban J connectivity index is 1.62. The second-order valence-corrected chi connectivity index (χ2v) is 8.43. The van der Waals surface area contributed by atoms with E-state index in [4.69, 9.17) is 5.11 Å². The molecule has 156 valence electrons. The smallest absolute Gasteiger partial charge is 0.335 e. The predicted octanol–water partition coefficient (Wildman–Crippen LogP) is 2.83. The summed E-state index contributed by atoms with van der Waals surface area (Å²) < 4.78 is 0.664. The number of halogens is 1. The zero-order valence-electron chi connectivity index (χ0n) is 15.5. The molecular weight excluding hydrogens is 490 g/mol. The van der Waals surface area contributed by atoms with Crippen molar-refractivity contribution in [1.29, 1.82) is 0 Å². The van der Waals surface area contributed by atoms with Gasteiger partial charge >= 0.3 is 5.97 Å². The number of imide groups is 1. The largest absolute Gasteiger partial charge is 0.478 e. The van der Waals surface area contributed by atoms with Crippen molar-refractivity contribution in [3.8, 4) is 0 Å². The molecule has 0 radical (unpaired) electrons. The van der Waals surface area contributed by atoms with Gasteiger partial charge in [-0.3, -0.25) is 29.4 Å². The van der Waals surface area contributed by atoms with Crippen LogP contribution in [0.15, 0.2) is 51.8 Å². The molecule has 3 N–H and O–H groups in total. The SMILES string of the molecule is O=C(CN1C(=O)/C(=C2/SC(=O)NC2=O)c2cc(Br)ccc21)Nc1ccc(C(=O)O)cc1. The molecule has 2 heterocycles. The topological polar surface area (TPSA) is 133 Å². The number of hydrogen-bond donors (Lipinski definition) is 3. The Bertz CT molecular complexity index is 1210. The average molecular weight is 502 g/mol. The number of benzene rings is 2. The summed E-state index contributed by atoms with van der Waals surface area (Å²) in [5.74, 6) is -2.83. The molecule has 2 aromatic rings. The Kier molecular flexibility index (Phi) is 5.38. The van der Waals surface area contributed by atoms with Crippen molar-refractivity contribution in [2.24, 2.45) is 0 Å². The van der Waals surface area contributed by atoms with Crippen molar-refractivity contribution in [3.63, 3.8) is 0 Å². The first-order valence-electron chi connectivity index (χ1n) is 8.77. The Labute approximate surface area is 187 Å². The minimum absolute atomic E-state index is 0.0125. The second-order valence-electron chi connectivity index (χ2n) is 6.53. The zero-order chi connectivity index (χ0) is 22.3. The van der Waals surface area contributed by atoms with E-state index < -0.39 is 28.9 Å². The fraction of sp³-hybridized carbons (Fsp3) is 0.0500. The molecule has 0 aromatic heterocycles. The third kappa shape index (κ3) is 3.97. The number of amides is 4. The average Bonchev–Trinajstić information content (AvgIpc) is 3.17. The fourth-order valence-electron chi connectivity index (χ4n) is 3.20. The monoisotopic (exact) mass is 501 g/mol. The summed E-state index contributed by atoms with van der Waals surface area (Å²) in [7, 11) is 0. The Morgan fingerprint density at radius 2 is 1.81 bits per heavy atom. The Morgan fingerprint density at radius 1 is 1.10 bits per heavy atom. The van der Waals surface area contributed by atoms with Crippen molar-refractivity contribution >= 4 is 73.6 Å². The summed E-state index contributed by atoms with van der Waals surface area (Å²) in [6, 6.07) is 10.6. The molecule has 4 rings (SSSR count). The highest BCUT2D eigenvalue weighted by Crippen LogP contribution is 2.43. The summed E-state index contributed by atoms with van der Waals surface area (Å²) in [5.41, 5.74) is 1.37. The van der Waals surface area contributed by atoms with Crippen LogP contribution >= 0.6 is 27.7 Å². The second kappa shape index (κ2) is 8.00. The van der Waals surface area contributed by atoms with Gasteiger partial charge in [-0.25, -0.2) is 4.79 Å². The van der Waals surface area contributed by atoms with Crippen molar-refractivity contribution in [1.82, 2.24) is 5.32 Å². The van der Waals surface area contributed by atoms with Gasteiger partial charge in [0, 0.05) is 15.7 Å². The molecule has 0 spiro atoms. The van der Waals surface area contributed by atoms with Crippen LogP contribution in [0.1, 0.15) is 15.9 Å². The number of thioether (sulfide) groups is 1. The minimum Gasteiger partial charge on any atom is -0.478 e. The van der Waals surface area contributed by atoms with Crippen molar-refractivity contribution in [2.75, 3.05) is 16.8 Å². The number of nitrogens with zero attached hydrogens (tertiary/aromatic N) is 1. The van der Waals surface area contributed by atoms with Crippen LogP contribution in [0.5, 0.6) is 0 Å². The predicted molar refractivity (Wildman–Crippen MR) is 117 cm³/mol. The molecule has 0 unspecified atom stereocenters. The summed E-state index contributed by atoms with van der Waals surface area (Å²) in [6.07, 6.45) is 0. The molecule has 0 bridgehead atoms. The van der Waals surface area contributed by atoms with Crippen LogP contribution in [0.3, 0.4) is 0 Å². The number of rotatable bonds is 4. The zero-order valence-corrected chi connectivity index (χ0v) is 17.9. The van der Waals surface area contributed by atoms with E-state index in [9.17, 15) is 24.0 Å². The van der Waals surface area contributed by atoms with Gasteiger partial charge in [-0.1, -0.05) is 15.9 Å². The van der Waals surface area contributed by atoms with Crippen LogP contribution in [0, 0.1) is 0 Å². The molecule has 4 amide bonds. The Hall–Kier alpha value is -3.44. The number of aromatic carboxylic acids is 1. The van der Waals surface area contributed by atoms with E-state index in [1.165, 1.54) is 29.2 Å². The first-order valence-corrected chi connectivity index (χ1v) is 10.4. The number of anilines is 2. The van der Waals surface area contributed by atoms with E-state index in [1.807, 2.05) is 0 Å². The van der Waals surface area contributed by atoms with Gasteiger partial charge < -0.3 is 10.4 Å². The lowest BCUT2D eigenvalue weighted by atomic mass is 10.1. The Morgan fingerprint density at radius 3 is 2.42 bits per heavy atom. The van der Waals surface area contributed by atoms with Gasteiger partial charge in [-0.05, 0) is 54.2 Å². The third-order valence-corrected chi connectivity index (χ3v) is 5.91. The van der Waals surface area contributed by atoms with Gasteiger partial charge in [-0.15, -0.1) is 0 Å². The summed E-state index contributed by atoms with van der Waals surface area (Å²) in [4.78, 5) is 61.6. The van der Waals surface area contributed by atoms with Crippen molar-refractivity contribution in [3.05, 3.63) is 63.0 Å². The van der Waals surface area contributed by atoms with Gasteiger partial charge in [-0.2, -0.15) is 0 Å². The van der Waals surface area contributed by atoms with Crippen molar-refractivity contribution in [2.45, 2.75) is 0 Å². The maximum Gasteiger partial charge on any atom is 0.335 e. The normalized spacial score (nSPS) is 17.6. The van der Waals surface area contributed by atoms with Crippen LogP contribution in [0.2, 0.25) is 0 Å². The lowest BCUT2D eigenvalue weighted by molar-refractivity contribution is -0.118. The first kappa shape index (κ1) is 20.8. The minimum atomic E-state index is -1.09. The van der Waals surface area contributed by atoms with E-state index in [2.05, 4.69) is 26.6 Å². The van der Waals surface area contributed by atoms with E-state index >= 15 is 0 Å². The molecule has 2 aliphatic rings. The number of fused-ring (bicyclic) bond motifs is 1. The quantitative estimate of drug-likeness (QED) is 0.548. The van der Waals surface area contributed by atoms with Crippen LogP contribution in [0.4, 0.5) is 16.2 Å². The molecule has 31 heavy (non-hydrogen) atoms. The number of carboxylic acids is 1. The first-order chi connectivity index (χ1) is 14.7. The van der Waals surface area contributed by atoms with Gasteiger partial charge in [0.1, 0.15) is 6.54 Å². The molecule has 1 fully saturated rings. The van der Waals surface area contributed by atoms with Crippen LogP contribution in [-0.4, -0.2) is 40.6 Å². The molecule has 0 atom stereocenters. The molecule has 11 heteroatoms. The third-order valence-electron chi connectivity index (χ3n) is 4.54. The van der Waals surface area contributed by atoms with E-state index in [0.717, 1.165) is 0 Å². The molecule has 9 nitrogen and oxygen atoms in total. The molecule has 2 aliphatic heterocycles. The number of carbonyl (C=O) groups is 5. The van der Waals surface area contributed by atoms with Gasteiger partial charge in [0.05, 0.1) is 21.7 Å². The number of hydrogen-bond acceptors (Lipinski definition) is 6. The molecule has 0 aliphatic carbocycles. The molecule has 1 saturated heterocycles. The van der Waals surface area contributed by atoms with Gasteiger partial charge in [0.25, 0.3) is 17.1 Å². The van der Waals surface area contributed by atoms with Gasteiger partial charge in [0.2, 0.25) is 5.91 Å². The maximum atomic E-state index is 13.1. The number of carboxylic acid groups (broad SMARTS) is 1. The molecule has 0 saturated carbocycles. The molecular formula is C20H12BrN3O6S. The van der Waals surface area contributed by atoms with E-state index in [0.29, 0.717) is 33.2 Å². The van der Waals surface area contributed by atoms with Crippen LogP contribution < -0.4 is 15.5 Å². The van der Waals surface area contributed by atoms with E-state index in [-0.39, 0.29) is 22.6 Å². The summed E-state index contributed by atoms with van der Waals surface area (Å²) >= 11 is 3.97. The highest BCUT2D eigenvalue weighted by atomic mass is 79.9. The fourth-order valence-corrected chi connectivity index (χ4v) is 4.33.